The predicted octanol–water partition coefficient (Wildman–Crippen LogP) is 2.53. The first-order valence-electron chi connectivity index (χ1n) is 9.84. The van der Waals surface area contributed by atoms with Crippen molar-refractivity contribution < 1.29 is 14.3 Å². The molecule has 3 N–H and O–H groups in total. The van der Waals surface area contributed by atoms with Crippen LogP contribution in [0.15, 0.2) is 18.2 Å². The molecule has 2 bridgehead atoms. The fourth-order valence-corrected chi connectivity index (χ4v) is 5.06. The van der Waals surface area contributed by atoms with Crippen LogP contribution in [0.4, 0.5) is 0 Å². The van der Waals surface area contributed by atoms with Crippen LogP contribution in [0.25, 0.3) is 0 Å². The molecule has 2 unspecified atom stereocenters. The van der Waals surface area contributed by atoms with Crippen molar-refractivity contribution in [1.29, 1.82) is 0 Å². The number of piperidine rings is 1. The largest absolute Gasteiger partial charge is 0.484 e. The Morgan fingerprint density at radius 2 is 2.04 bits per heavy atom. The van der Waals surface area contributed by atoms with Crippen molar-refractivity contribution in [1.82, 2.24) is 16.0 Å². The average molecular weight is 426 g/mol. The minimum atomic E-state index is -0.254. The Morgan fingerprint density at radius 1 is 1.21 bits per heavy atom. The Hall–Kier alpha value is -1.50. The Bertz CT molecular complexity index is 761. The van der Waals surface area contributed by atoms with E-state index in [0.29, 0.717) is 28.1 Å². The van der Waals surface area contributed by atoms with Crippen molar-refractivity contribution in [3.63, 3.8) is 0 Å². The lowest BCUT2D eigenvalue weighted by molar-refractivity contribution is -0.126. The lowest BCUT2D eigenvalue weighted by Gasteiger charge is -2.39. The first-order chi connectivity index (χ1) is 13.4. The molecule has 1 aliphatic heterocycles. The number of amides is 2. The van der Waals surface area contributed by atoms with Gasteiger partial charge in [-0.2, -0.15) is 0 Å². The Balaban J connectivity index is 1.25. The molecule has 1 heterocycles. The van der Waals surface area contributed by atoms with Crippen molar-refractivity contribution in [2.45, 2.75) is 43.7 Å². The standard InChI is InChI=1S/C20H25Cl2N3O3/c21-16-4-3-14(6-17(16)22)28-11-18(26)25-20-7-12(8-20)15(9-20)19(27)24-13-2-1-5-23-10-13/h3-4,6,12-13,15,23H,1-2,5,7-11H2,(H,24,27)(H,25,26). The summed E-state index contributed by atoms with van der Waals surface area (Å²) in [5, 5.41) is 10.4. The quantitative estimate of drug-likeness (QED) is 0.653. The highest BCUT2D eigenvalue weighted by molar-refractivity contribution is 6.42. The Morgan fingerprint density at radius 3 is 2.75 bits per heavy atom. The molecule has 28 heavy (non-hydrogen) atoms. The number of nitrogens with one attached hydrogen (secondary N) is 3. The third-order valence-corrected chi connectivity index (χ3v) is 6.87. The zero-order valence-corrected chi connectivity index (χ0v) is 17.1. The van der Waals surface area contributed by atoms with Gasteiger partial charge >= 0.3 is 0 Å². The van der Waals surface area contributed by atoms with E-state index in [-0.39, 0.29) is 35.9 Å². The Kier molecular flexibility index (Phi) is 5.72. The van der Waals surface area contributed by atoms with Crippen molar-refractivity contribution in [3.8, 4) is 5.75 Å². The number of carbonyl (C=O) groups excluding carboxylic acids is 2. The number of hydrogen-bond donors (Lipinski definition) is 3. The van der Waals surface area contributed by atoms with Gasteiger partial charge in [-0.1, -0.05) is 23.2 Å². The van der Waals surface area contributed by atoms with Crippen LogP contribution in [0.3, 0.4) is 0 Å². The summed E-state index contributed by atoms with van der Waals surface area (Å²) in [5.74, 6) is 0.825. The molecule has 8 heteroatoms. The van der Waals surface area contributed by atoms with Gasteiger partial charge in [0.2, 0.25) is 5.91 Å². The van der Waals surface area contributed by atoms with Crippen LogP contribution in [0.1, 0.15) is 32.1 Å². The molecule has 5 rings (SSSR count). The summed E-state index contributed by atoms with van der Waals surface area (Å²) in [6, 6.07) is 5.12. The van der Waals surface area contributed by atoms with Crippen molar-refractivity contribution in [3.05, 3.63) is 28.2 Å². The number of halogens is 2. The number of rotatable bonds is 6. The van der Waals surface area contributed by atoms with E-state index in [4.69, 9.17) is 27.9 Å². The monoisotopic (exact) mass is 425 g/mol. The molecule has 3 saturated carbocycles. The minimum absolute atomic E-state index is 0.00165. The van der Waals surface area contributed by atoms with Crippen molar-refractivity contribution in [2.24, 2.45) is 11.8 Å². The van der Waals surface area contributed by atoms with Crippen LogP contribution in [0.2, 0.25) is 10.0 Å². The molecular formula is C20H25Cl2N3O3. The molecule has 152 valence electrons. The molecule has 0 radical (unpaired) electrons. The van der Waals surface area contributed by atoms with Gasteiger partial charge in [-0.25, -0.2) is 0 Å². The second kappa shape index (κ2) is 8.09. The SMILES string of the molecule is O=C(COc1ccc(Cl)c(Cl)c1)NC12CC(C1)C(C(=O)NC1CCCNC1)C2. The van der Waals surface area contributed by atoms with Gasteiger partial charge in [0.15, 0.2) is 6.61 Å². The van der Waals surface area contributed by atoms with Crippen molar-refractivity contribution in [2.75, 3.05) is 19.7 Å². The number of benzene rings is 1. The maximum atomic E-state index is 12.6. The molecule has 1 saturated heterocycles. The number of ether oxygens (including phenoxy) is 1. The minimum Gasteiger partial charge on any atom is -0.484 e. The topological polar surface area (TPSA) is 79.5 Å². The normalized spacial score (nSPS) is 31.0. The van der Waals surface area contributed by atoms with Crippen LogP contribution < -0.4 is 20.7 Å². The van der Waals surface area contributed by atoms with Crippen LogP contribution in [0.5, 0.6) is 5.75 Å². The fraction of sp³-hybridized carbons (Fsp3) is 0.600. The third kappa shape index (κ3) is 4.24. The lowest BCUT2D eigenvalue weighted by atomic mass is 9.76. The average Bonchev–Trinajstić information content (AvgIpc) is 3.19. The maximum Gasteiger partial charge on any atom is 0.258 e. The van der Waals surface area contributed by atoms with Crippen LogP contribution in [-0.4, -0.2) is 43.1 Å². The number of fused-ring (bicyclic) bond motifs is 1. The van der Waals surface area contributed by atoms with Gasteiger partial charge in [-0.15, -0.1) is 0 Å². The van der Waals surface area contributed by atoms with E-state index in [2.05, 4.69) is 16.0 Å². The predicted molar refractivity (Wildman–Crippen MR) is 108 cm³/mol. The van der Waals surface area contributed by atoms with E-state index in [1.807, 2.05) is 0 Å². The Labute approximate surface area is 174 Å². The molecular weight excluding hydrogens is 401 g/mol. The van der Waals surface area contributed by atoms with Crippen LogP contribution in [0, 0.1) is 11.8 Å². The van der Waals surface area contributed by atoms with E-state index in [0.717, 1.165) is 38.8 Å². The summed E-state index contributed by atoms with van der Waals surface area (Å²) < 4.78 is 5.51. The van der Waals surface area contributed by atoms with Gasteiger partial charge in [-0.3, -0.25) is 9.59 Å². The van der Waals surface area contributed by atoms with Crippen molar-refractivity contribution >= 4 is 35.0 Å². The highest BCUT2D eigenvalue weighted by atomic mass is 35.5. The smallest absolute Gasteiger partial charge is 0.258 e. The molecule has 1 aromatic carbocycles. The van der Waals surface area contributed by atoms with Gasteiger partial charge in [0.1, 0.15) is 5.75 Å². The summed E-state index contributed by atoms with van der Waals surface area (Å²) >= 11 is 11.8. The zero-order valence-electron chi connectivity index (χ0n) is 15.6. The van der Waals surface area contributed by atoms with Crippen LogP contribution >= 0.6 is 23.2 Å². The van der Waals surface area contributed by atoms with E-state index in [1.165, 1.54) is 0 Å². The highest BCUT2D eigenvalue weighted by Crippen LogP contribution is 2.55. The molecule has 2 atom stereocenters. The fourth-order valence-electron chi connectivity index (χ4n) is 4.77. The molecule has 0 aromatic heterocycles. The summed E-state index contributed by atoms with van der Waals surface area (Å²) in [5.41, 5.74) is -0.254. The van der Waals surface area contributed by atoms with E-state index in [9.17, 15) is 9.59 Å². The molecule has 0 spiro atoms. The van der Waals surface area contributed by atoms with Gasteiger partial charge in [-0.05, 0) is 56.7 Å². The second-order valence-electron chi connectivity index (χ2n) is 8.22. The van der Waals surface area contributed by atoms with Gasteiger partial charge < -0.3 is 20.7 Å². The number of carbonyl (C=O) groups is 2. The van der Waals surface area contributed by atoms with Crippen LogP contribution in [-0.2, 0) is 9.59 Å². The highest BCUT2D eigenvalue weighted by Gasteiger charge is 2.58. The summed E-state index contributed by atoms with van der Waals surface area (Å²) in [6.07, 6.45) is 4.57. The van der Waals surface area contributed by atoms with Gasteiger partial charge in [0, 0.05) is 30.1 Å². The number of hydrogen-bond acceptors (Lipinski definition) is 4. The van der Waals surface area contributed by atoms with Gasteiger partial charge in [0.05, 0.1) is 10.0 Å². The van der Waals surface area contributed by atoms with E-state index >= 15 is 0 Å². The molecule has 4 fully saturated rings. The summed E-state index contributed by atoms with van der Waals surface area (Å²) in [6.45, 7) is 1.78. The zero-order chi connectivity index (χ0) is 19.7. The second-order valence-corrected chi connectivity index (χ2v) is 9.04. The van der Waals surface area contributed by atoms with Gasteiger partial charge in [0.25, 0.3) is 5.91 Å². The van der Waals surface area contributed by atoms with E-state index in [1.54, 1.807) is 18.2 Å². The van der Waals surface area contributed by atoms with E-state index < -0.39 is 0 Å². The lowest BCUT2D eigenvalue weighted by Crippen LogP contribution is -2.53. The molecule has 2 amide bonds. The first-order valence-corrected chi connectivity index (χ1v) is 10.6. The summed E-state index contributed by atoms with van der Waals surface area (Å²) in [7, 11) is 0. The first kappa shape index (κ1) is 19.8. The maximum absolute atomic E-state index is 12.6. The third-order valence-electron chi connectivity index (χ3n) is 6.13. The summed E-state index contributed by atoms with van der Waals surface area (Å²) in [4.78, 5) is 25.0. The molecule has 1 aromatic rings. The molecule has 6 nitrogen and oxygen atoms in total. The molecule has 3 aliphatic carbocycles. The molecule has 4 aliphatic rings.